The van der Waals surface area contributed by atoms with Gasteiger partial charge < -0.3 is 24.7 Å². The fourth-order valence-electron chi connectivity index (χ4n) is 2.74. The van der Waals surface area contributed by atoms with Crippen LogP contribution in [0.3, 0.4) is 0 Å². The van der Waals surface area contributed by atoms with Crippen LogP contribution in [0.5, 0.6) is 0 Å². The van der Waals surface area contributed by atoms with Crippen LogP contribution in [0.1, 0.15) is 22.5 Å². The first-order chi connectivity index (χ1) is 12.4. The van der Waals surface area contributed by atoms with Crippen LogP contribution in [0, 0.1) is 13.8 Å². The van der Waals surface area contributed by atoms with Crippen molar-refractivity contribution in [3.63, 3.8) is 0 Å². The van der Waals surface area contributed by atoms with Crippen LogP contribution in [0.2, 0.25) is 5.02 Å². The van der Waals surface area contributed by atoms with Crippen molar-refractivity contribution in [1.29, 1.82) is 0 Å². The molecule has 0 bridgehead atoms. The molecule has 0 saturated carbocycles. The minimum Gasteiger partial charge on any atom is -0.445 e. The van der Waals surface area contributed by atoms with E-state index < -0.39 is 12.2 Å². The summed E-state index contributed by atoms with van der Waals surface area (Å²) >= 11 is 5.98. The van der Waals surface area contributed by atoms with Crippen LogP contribution >= 0.6 is 11.6 Å². The van der Waals surface area contributed by atoms with Crippen LogP contribution in [0.25, 0.3) is 5.69 Å². The summed E-state index contributed by atoms with van der Waals surface area (Å²) < 4.78 is 12.4. The number of rotatable bonds is 5. The second kappa shape index (κ2) is 8.62. The lowest BCUT2D eigenvalue weighted by molar-refractivity contribution is 0.134. The van der Waals surface area contributed by atoms with E-state index in [1.54, 1.807) is 12.1 Å². The standard InChI is InChI=1S/C18H22ClN3O4/c1-11-15(9-25-17(23)20-3)16(10-26-18(24)21-4)12(2)22(11)14-7-5-13(19)6-8-14/h5-8H,9-10H2,1-4H3,(H,20,23)(H,21,24). The van der Waals surface area contributed by atoms with Gasteiger partial charge in [-0.25, -0.2) is 9.59 Å². The summed E-state index contributed by atoms with van der Waals surface area (Å²) in [4.78, 5) is 22.9. The first-order valence-electron chi connectivity index (χ1n) is 8.03. The van der Waals surface area contributed by atoms with Crippen molar-refractivity contribution in [2.24, 2.45) is 0 Å². The van der Waals surface area contributed by atoms with E-state index in [0.717, 1.165) is 28.2 Å². The van der Waals surface area contributed by atoms with Gasteiger partial charge in [0.05, 0.1) is 0 Å². The number of carbonyl (C=O) groups excluding carboxylic acids is 2. The lowest BCUT2D eigenvalue weighted by Gasteiger charge is -2.10. The number of benzene rings is 1. The second-order valence-corrected chi connectivity index (χ2v) is 6.03. The van der Waals surface area contributed by atoms with Gasteiger partial charge >= 0.3 is 12.2 Å². The summed E-state index contributed by atoms with van der Waals surface area (Å²) in [5.41, 5.74) is 4.29. The number of nitrogens with one attached hydrogen (secondary N) is 2. The Hall–Kier alpha value is -2.67. The number of carbonyl (C=O) groups is 2. The number of alkyl carbamates (subject to hydrolysis) is 2. The minimum atomic E-state index is -0.528. The average Bonchev–Trinajstić information content (AvgIpc) is 2.88. The van der Waals surface area contributed by atoms with Gasteiger partial charge in [0.2, 0.25) is 0 Å². The molecule has 26 heavy (non-hydrogen) atoms. The maximum absolute atomic E-state index is 11.5. The smallest absolute Gasteiger partial charge is 0.407 e. The number of hydrogen-bond acceptors (Lipinski definition) is 4. The molecule has 7 nitrogen and oxygen atoms in total. The van der Waals surface area contributed by atoms with Crippen LogP contribution in [-0.4, -0.2) is 30.8 Å². The van der Waals surface area contributed by atoms with Crippen LogP contribution < -0.4 is 10.6 Å². The van der Waals surface area contributed by atoms with Crippen molar-refractivity contribution in [1.82, 2.24) is 15.2 Å². The van der Waals surface area contributed by atoms with Gasteiger partial charge in [-0.1, -0.05) is 11.6 Å². The molecule has 0 aliphatic heterocycles. The van der Waals surface area contributed by atoms with Crippen LogP contribution in [0.4, 0.5) is 9.59 Å². The lowest BCUT2D eigenvalue weighted by Crippen LogP contribution is -2.20. The molecule has 0 atom stereocenters. The van der Waals surface area contributed by atoms with Crippen molar-refractivity contribution in [3.05, 3.63) is 51.8 Å². The van der Waals surface area contributed by atoms with E-state index >= 15 is 0 Å². The summed E-state index contributed by atoms with van der Waals surface area (Å²) in [6.07, 6.45) is -1.06. The molecule has 140 valence electrons. The zero-order valence-corrected chi connectivity index (χ0v) is 15.9. The molecule has 8 heteroatoms. The Morgan fingerprint density at radius 2 is 1.35 bits per heavy atom. The van der Waals surface area contributed by atoms with Crippen LogP contribution in [-0.2, 0) is 22.7 Å². The molecule has 2 N–H and O–H groups in total. The van der Waals surface area contributed by atoms with Gasteiger partial charge in [-0.15, -0.1) is 0 Å². The van der Waals surface area contributed by atoms with Crippen molar-refractivity contribution >= 4 is 23.8 Å². The number of ether oxygens (including phenoxy) is 2. The summed E-state index contributed by atoms with van der Waals surface area (Å²) in [5, 5.41) is 5.47. The largest absolute Gasteiger partial charge is 0.445 e. The predicted octanol–water partition coefficient (Wildman–Crippen LogP) is 3.46. The van der Waals surface area contributed by atoms with Crippen LogP contribution in [0.15, 0.2) is 24.3 Å². The molecule has 1 heterocycles. The Morgan fingerprint density at radius 3 is 1.73 bits per heavy atom. The second-order valence-electron chi connectivity index (χ2n) is 5.59. The monoisotopic (exact) mass is 379 g/mol. The average molecular weight is 380 g/mol. The summed E-state index contributed by atoms with van der Waals surface area (Å²) in [5.74, 6) is 0. The quantitative estimate of drug-likeness (QED) is 0.833. The highest BCUT2D eigenvalue weighted by molar-refractivity contribution is 6.30. The van der Waals surface area contributed by atoms with E-state index in [1.807, 2.05) is 30.5 Å². The predicted molar refractivity (Wildman–Crippen MR) is 98.7 cm³/mol. The first-order valence-corrected chi connectivity index (χ1v) is 8.41. The highest BCUT2D eigenvalue weighted by Gasteiger charge is 2.21. The molecule has 2 aromatic rings. The SMILES string of the molecule is CNC(=O)OCc1c(COC(=O)NC)c(C)n(-c2ccc(Cl)cc2)c1C. The van der Waals surface area contributed by atoms with E-state index in [1.165, 1.54) is 14.1 Å². The van der Waals surface area contributed by atoms with E-state index in [0.29, 0.717) is 5.02 Å². The summed E-state index contributed by atoms with van der Waals surface area (Å²) in [7, 11) is 2.99. The van der Waals surface area contributed by atoms with Gasteiger partial charge in [0.25, 0.3) is 0 Å². The minimum absolute atomic E-state index is 0.0688. The topological polar surface area (TPSA) is 81.6 Å². The van der Waals surface area contributed by atoms with Crippen molar-refractivity contribution in [3.8, 4) is 5.69 Å². The van der Waals surface area contributed by atoms with E-state index in [9.17, 15) is 9.59 Å². The molecule has 0 aliphatic rings. The molecule has 0 unspecified atom stereocenters. The van der Waals surface area contributed by atoms with E-state index in [-0.39, 0.29) is 13.2 Å². The normalized spacial score (nSPS) is 10.3. The lowest BCUT2D eigenvalue weighted by atomic mass is 10.1. The molecular weight excluding hydrogens is 358 g/mol. The third-order valence-electron chi connectivity index (χ3n) is 4.10. The Bertz CT molecular complexity index is 756. The summed E-state index contributed by atoms with van der Waals surface area (Å²) in [6, 6.07) is 7.40. The zero-order valence-electron chi connectivity index (χ0n) is 15.2. The Balaban J connectivity index is 2.45. The summed E-state index contributed by atoms with van der Waals surface area (Å²) in [6.45, 7) is 3.99. The molecule has 2 amide bonds. The van der Waals surface area contributed by atoms with Crippen molar-refractivity contribution in [2.45, 2.75) is 27.1 Å². The fourth-order valence-corrected chi connectivity index (χ4v) is 2.86. The number of halogens is 1. The molecule has 1 aromatic carbocycles. The molecular formula is C18H22ClN3O4. The van der Waals surface area contributed by atoms with E-state index in [4.69, 9.17) is 21.1 Å². The third-order valence-corrected chi connectivity index (χ3v) is 4.35. The molecule has 0 radical (unpaired) electrons. The van der Waals surface area contributed by atoms with Gasteiger partial charge in [0.15, 0.2) is 0 Å². The highest BCUT2D eigenvalue weighted by Crippen LogP contribution is 2.28. The maximum atomic E-state index is 11.5. The fraction of sp³-hybridized carbons (Fsp3) is 0.333. The zero-order chi connectivity index (χ0) is 19.3. The number of hydrogen-bond donors (Lipinski definition) is 2. The van der Waals surface area contributed by atoms with Gasteiger partial charge in [0.1, 0.15) is 13.2 Å². The first kappa shape index (κ1) is 19.7. The van der Waals surface area contributed by atoms with Crippen molar-refractivity contribution < 1.29 is 19.1 Å². The van der Waals surface area contributed by atoms with E-state index in [2.05, 4.69) is 10.6 Å². The molecule has 0 spiro atoms. The molecule has 0 saturated heterocycles. The Morgan fingerprint density at radius 1 is 0.923 bits per heavy atom. The number of amides is 2. The molecule has 0 aliphatic carbocycles. The van der Waals surface area contributed by atoms with Crippen molar-refractivity contribution in [2.75, 3.05) is 14.1 Å². The highest BCUT2D eigenvalue weighted by atomic mass is 35.5. The van der Waals surface area contributed by atoms with Gasteiger partial charge in [0, 0.05) is 47.3 Å². The van der Waals surface area contributed by atoms with Gasteiger partial charge in [-0.3, -0.25) is 0 Å². The maximum Gasteiger partial charge on any atom is 0.407 e. The van der Waals surface area contributed by atoms with Gasteiger partial charge in [-0.05, 0) is 38.1 Å². The Labute approximate surface area is 157 Å². The third kappa shape index (κ3) is 4.29. The molecule has 0 fully saturated rings. The molecule has 1 aromatic heterocycles. The number of nitrogens with zero attached hydrogens (tertiary/aromatic N) is 1. The van der Waals surface area contributed by atoms with Gasteiger partial charge in [-0.2, -0.15) is 0 Å². The Kier molecular flexibility index (Phi) is 6.52. The molecule has 2 rings (SSSR count). The number of aromatic nitrogens is 1.